The minimum absolute atomic E-state index is 0.00244. The average molecular weight is 406 g/mol. The van der Waals surface area contributed by atoms with Crippen LogP contribution in [0.2, 0.25) is 0 Å². The quantitative estimate of drug-likeness (QED) is 0.662. The zero-order valence-electron chi connectivity index (χ0n) is 17.2. The Hall–Kier alpha value is -3.19. The number of carbonyl (C=O) groups is 1. The number of methoxy groups -OCH3 is 1. The van der Waals surface area contributed by atoms with Gasteiger partial charge in [-0.2, -0.15) is 0 Å². The van der Waals surface area contributed by atoms with Crippen molar-refractivity contribution in [3.63, 3.8) is 0 Å². The Bertz CT molecular complexity index is 964. The normalized spacial score (nSPS) is 16.2. The van der Waals surface area contributed by atoms with E-state index in [0.717, 1.165) is 42.9 Å². The molecule has 1 fully saturated rings. The molecule has 7 nitrogen and oxygen atoms in total. The molecule has 156 valence electrons. The van der Waals surface area contributed by atoms with E-state index in [1.807, 2.05) is 54.6 Å². The summed E-state index contributed by atoms with van der Waals surface area (Å²) >= 11 is 0. The number of likely N-dealkylation sites (tertiary alicyclic amines) is 1. The second kappa shape index (κ2) is 9.09. The second-order valence-electron chi connectivity index (χ2n) is 7.52. The van der Waals surface area contributed by atoms with Gasteiger partial charge in [-0.05, 0) is 69.3 Å². The van der Waals surface area contributed by atoms with Crippen molar-refractivity contribution in [2.75, 3.05) is 25.5 Å². The third-order valence-electron chi connectivity index (χ3n) is 5.62. The van der Waals surface area contributed by atoms with Crippen molar-refractivity contribution in [1.29, 1.82) is 0 Å². The summed E-state index contributed by atoms with van der Waals surface area (Å²) in [5, 5.41) is 11.5. The maximum atomic E-state index is 12.5. The summed E-state index contributed by atoms with van der Waals surface area (Å²) in [6, 6.07) is 17.1. The first-order valence-electron chi connectivity index (χ1n) is 10.2. The lowest BCUT2D eigenvalue weighted by Gasteiger charge is -2.33. The molecule has 3 aromatic rings. The summed E-state index contributed by atoms with van der Waals surface area (Å²) in [7, 11) is 1.63. The van der Waals surface area contributed by atoms with Gasteiger partial charge in [0.25, 0.3) is 0 Å². The molecule has 1 amide bonds. The van der Waals surface area contributed by atoms with Crippen LogP contribution in [-0.4, -0.2) is 41.2 Å². The summed E-state index contributed by atoms with van der Waals surface area (Å²) in [5.74, 6) is 1.98. The van der Waals surface area contributed by atoms with Gasteiger partial charge >= 0.3 is 0 Å². The number of aromatic nitrogens is 2. The molecule has 0 radical (unpaired) electrons. The van der Waals surface area contributed by atoms with Crippen LogP contribution in [0.3, 0.4) is 0 Å². The Balaban J connectivity index is 1.33. The number of rotatable bonds is 6. The Kier molecular flexibility index (Phi) is 6.09. The van der Waals surface area contributed by atoms with Gasteiger partial charge in [0, 0.05) is 17.2 Å². The van der Waals surface area contributed by atoms with Crippen LogP contribution in [0.1, 0.15) is 31.7 Å². The molecular weight excluding hydrogens is 380 g/mol. The van der Waals surface area contributed by atoms with E-state index in [2.05, 4.69) is 27.3 Å². The van der Waals surface area contributed by atoms with E-state index in [0.29, 0.717) is 11.8 Å². The lowest BCUT2D eigenvalue weighted by molar-refractivity contribution is -0.121. The van der Waals surface area contributed by atoms with Gasteiger partial charge in [0.05, 0.1) is 13.2 Å². The zero-order chi connectivity index (χ0) is 20.9. The molecule has 0 bridgehead atoms. The van der Waals surface area contributed by atoms with E-state index in [9.17, 15) is 4.79 Å². The van der Waals surface area contributed by atoms with E-state index >= 15 is 0 Å². The third kappa shape index (κ3) is 4.52. The average Bonchev–Trinajstić information content (AvgIpc) is 3.30. The number of carbonyl (C=O) groups excluding carboxylic acids is 1. The molecule has 7 heteroatoms. The van der Waals surface area contributed by atoms with E-state index in [4.69, 9.17) is 9.15 Å². The topological polar surface area (TPSA) is 80.5 Å². The van der Waals surface area contributed by atoms with Crippen molar-refractivity contribution < 1.29 is 13.9 Å². The highest BCUT2D eigenvalue weighted by Crippen LogP contribution is 2.29. The molecule has 0 saturated carbocycles. The van der Waals surface area contributed by atoms with E-state index in [-0.39, 0.29) is 17.9 Å². The number of nitrogens with one attached hydrogen (secondary N) is 1. The molecule has 1 saturated heterocycles. The molecule has 1 aliphatic heterocycles. The highest BCUT2D eigenvalue weighted by molar-refractivity contribution is 5.92. The third-order valence-corrected chi connectivity index (χ3v) is 5.62. The van der Waals surface area contributed by atoms with Crippen LogP contribution in [0.5, 0.6) is 5.75 Å². The molecule has 0 unspecified atom stereocenters. The number of hydrogen-bond acceptors (Lipinski definition) is 6. The number of benzene rings is 2. The predicted octanol–water partition coefficient (Wildman–Crippen LogP) is 4.16. The summed E-state index contributed by atoms with van der Waals surface area (Å²) < 4.78 is 11.1. The standard InChI is InChI=1S/C23H26N4O3/c1-16(22-25-26-23(30-22)18-8-10-20(29-2)11-9-18)27-14-12-17(13-15-27)21(28)24-19-6-4-3-5-7-19/h3-11,16-17H,12-15H2,1-2H3,(H,24,28)/t16-/m0/s1. The van der Waals surface area contributed by atoms with Crippen LogP contribution in [0.4, 0.5) is 5.69 Å². The smallest absolute Gasteiger partial charge is 0.247 e. The van der Waals surface area contributed by atoms with Crippen LogP contribution >= 0.6 is 0 Å². The fourth-order valence-electron chi connectivity index (χ4n) is 3.72. The summed E-state index contributed by atoms with van der Waals surface area (Å²) in [4.78, 5) is 14.8. The zero-order valence-corrected chi connectivity index (χ0v) is 17.2. The molecule has 30 heavy (non-hydrogen) atoms. The molecule has 2 heterocycles. The first-order valence-corrected chi connectivity index (χ1v) is 10.2. The van der Waals surface area contributed by atoms with Crippen LogP contribution in [0, 0.1) is 5.92 Å². The summed E-state index contributed by atoms with van der Waals surface area (Å²) in [6.07, 6.45) is 1.62. The number of amides is 1. The van der Waals surface area contributed by atoms with E-state index in [1.54, 1.807) is 7.11 Å². The number of hydrogen-bond donors (Lipinski definition) is 1. The minimum atomic E-state index is 0.00244. The van der Waals surface area contributed by atoms with Crippen molar-refractivity contribution in [1.82, 2.24) is 15.1 Å². The SMILES string of the molecule is COc1ccc(-c2nnc([C@H](C)N3CCC(C(=O)Nc4ccccc4)CC3)o2)cc1. The number of anilines is 1. The van der Waals surface area contributed by atoms with E-state index < -0.39 is 0 Å². The number of para-hydroxylation sites is 1. The van der Waals surface area contributed by atoms with Crippen molar-refractivity contribution in [2.24, 2.45) is 5.92 Å². The fourth-order valence-corrected chi connectivity index (χ4v) is 3.72. The molecule has 1 atom stereocenters. The van der Waals surface area contributed by atoms with Crippen LogP contribution in [0.25, 0.3) is 11.5 Å². The highest BCUT2D eigenvalue weighted by Gasteiger charge is 2.29. The summed E-state index contributed by atoms with van der Waals surface area (Å²) in [5.41, 5.74) is 1.70. The van der Waals surface area contributed by atoms with E-state index in [1.165, 1.54) is 0 Å². The van der Waals surface area contributed by atoms with Gasteiger partial charge < -0.3 is 14.5 Å². The van der Waals surface area contributed by atoms with Gasteiger partial charge in [-0.25, -0.2) is 0 Å². The molecule has 4 rings (SSSR count). The Morgan fingerprint density at radius 1 is 1.10 bits per heavy atom. The number of ether oxygens (including phenoxy) is 1. The van der Waals surface area contributed by atoms with Crippen LogP contribution in [0.15, 0.2) is 59.0 Å². The number of nitrogens with zero attached hydrogens (tertiary/aromatic N) is 3. The Labute approximate surface area is 176 Å². The highest BCUT2D eigenvalue weighted by atomic mass is 16.5. The van der Waals surface area contributed by atoms with Crippen molar-refractivity contribution in [2.45, 2.75) is 25.8 Å². The predicted molar refractivity (Wildman–Crippen MR) is 114 cm³/mol. The maximum Gasteiger partial charge on any atom is 0.247 e. The van der Waals surface area contributed by atoms with Crippen molar-refractivity contribution >= 4 is 11.6 Å². The molecule has 2 aromatic carbocycles. The van der Waals surface area contributed by atoms with Gasteiger partial charge in [-0.3, -0.25) is 9.69 Å². The first kappa shape index (κ1) is 20.1. The Morgan fingerprint density at radius 2 is 1.80 bits per heavy atom. The number of piperidine rings is 1. The van der Waals surface area contributed by atoms with Crippen LogP contribution < -0.4 is 10.1 Å². The molecular formula is C23H26N4O3. The molecule has 0 aliphatic carbocycles. The molecule has 0 spiro atoms. The fraction of sp³-hybridized carbons (Fsp3) is 0.348. The van der Waals surface area contributed by atoms with Gasteiger partial charge in [-0.1, -0.05) is 18.2 Å². The summed E-state index contributed by atoms with van der Waals surface area (Å²) in [6.45, 7) is 3.69. The Morgan fingerprint density at radius 3 is 2.47 bits per heavy atom. The second-order valence-corrected chi connectivity index (χ2v) is 7.52. The molecule has 1 aliphatic rings. The molecule has 1 N–H and O–H groups in total. The van der Waals surface area contributed by atoms with Gasteiger partial charge in [-0.15, -0.1) is 10.2 Å². The minimum Gasteiger partial charge on any atom is -0.497 e. The van der Waals surface area contributed by atoms with Crippen LogP contribution in [-0.2, 0) is 4.79 Å². The van der Waals surface area contributed by atoms with Gasteiger partial charge in [0.15, 0.2) is 0 Å². The van der Waals surface area contributed by atoms with Gasteiger partial charge in [0.2, 0.25) is 17.7 Å². The first-order chi connectivity index (χ1) is 14.6. The van der Waals surface area contributed by atoms with Crippen molar-refractivity contribution in [3.8, 4) is 17.2 Å². The lowest BCUT2D eigenvalue weighted by atomic mass is 9.95. The van der Waals surface area contributed by atoms with Crippen molar-refractivity contribution in [3.05, 3.63) is 60.5 Å². The monoisotopic (exact) mass is 406 g/mol. The lowest BCUT2D eigenvalue weighted by Crippen LogP contribution is -2.39. The van der Waals surface area contributed by atoms with Gasteiger partial charge in [0.1, 0.15) is 5.75 Å². The largest absolute Gasteiger partial charge is 0.497 e. The molecule has 1 aromatic heterocycles. The maximum absolute atomic E-state index is 12.5.